The molecule has 2 aliphatic heterocycles. The third-order valence-electron chi connectivity index (χ3n) is 5.03. The van der Waals surface area contributed by atoms with Crippen LogP contribution in [-0.2, 0) is 12.1 Å². The second-order valence-corrected chi connectivity index (χ2v) is 5.87. The molecular weight excluding hydrogens is 222 g/mol. The molecule has 4 rings (SSSR count). The molecule has 94 valence electrons. The van der Waals surface area contributed by atoms with Gasteiger partial charge in [-0.2, -0.15) is 0 Å². The van der Waals surface area contributed by atoms with Crippen molar-refractivity contribution in [1.82, 2.24) is 4.98 Å². The van der Waals surface area contributed by atoms with Gasteiger partial charge in [-0.25, -0.2) is 0 Å². The lowest BCUT2D eigenvalue weighted by molar-refractivity contribution is -1.07. The Bertz CT molecular complexity index is 601. The number of aromatic nitrogens is 1. The highest BCUT2D eigenvalue weighted by Gasteiger charge is 2.52. The molecule has 1 spiro atoms. The number of rotatable bonds is 0. The van der Waals surface area contributed by atoms with Gasteiger partial charge in [-0.1, -0.05) is 18.2 Å². The number of fused-ring (bicyclic) bond motifs is 4. The predicted molar refractivity (Wildman–Crippen MR) is 71.5 cm³/mol. The van der Waals surface area contributed by atoms with Crippen molar-refractivity contribution >= 4 is 10.9 Å². The SMILES string of the molecule is C[NH+]1CCC[C@@]12[NH2+]CCc1c2[nH]c2ccccc12. The number of aromatic amines is 1. The summed E-state index contributed by atoms with van der Waals surface area (Å²) in [6, 6.07) is 8.78. The van der Waals surface area contributed by atoms with Crippen LogP contribution in [0.2, 0.25) is 0 Å². The molecule has 2 aromatic rings. The summed E-state index contributed by atoms with van der Waals surface area (Å²) in [5, 5.41) is 4.02. The third kappa shape index (κ3) is 1.21. The first-order valence-corrected chi connectivity index (χ1v) is 7.08. The van der Waals surface area contributed by atoms with Crippen LogP contribution in [0.4, 0.5) is 0 Å². The summed E-state index contributed by atoms with van der Waals surface area (Å²) in [6.45, 7) is 2.53. The van der Waals surface area contributed by atoms with E-state index in [-0.39, 0.29) is 5.66 Å². The van der Waals surface area contributed by atoms with Gasteiger partial charge in [-0.05, 0) is 11.6 Å². The molecule has 0 radical (unpaired) electrons. The number of quaternary nitrogens is 2. The molecule has 0 amide bonds. The summed E-state index contributed by atoms with van der Waals surface area (Å²) in [4.78, 5) is 5.39. The van der Waals surface area contributed by atoms with Crippen molar-refractivity contribution in [3.63, 3.8) is 0 Å². The van der Waals surface area contributed by atoms with E-state index in [1.807, 2.05) is 0 Å². The van der Waals surface area contributed by atoms with Crippen LogP contribution in [0, 0.1) is 0 Å². The first-order chi connectivity index (χ1) is 8.81. The van der Waals surface area contributed by atoms with Crippen LogP contribution in [-0.4, -0.2) is 25.1 Å². The molecule has 3 nitrogen and oxygen atoms in total. The number of para-hydroxylation sites is 1. The van der Waals surface area contributed by atoms with Crippen LogP contribution in [0.5, 0.6) is 0 Å². The molecule has 1 saturated heterocycles. The lowest BCUT2D eigenvalue weighted by Crippen LogP contribution is -3.28. The minimum absolute atomic E-state index is 0.270. The number of hydrogen-bond donors (Lipinski definition) is 3. The molecule has 3 heterocycles. The molecule has 0 aliphatic carbocycles. The second kappa shape index (κ2) is 3.59. The quantitative estimate of drug-likeness (QED) is 0.571. The fraction of sp³-hybridized carbons (Fsp3) is 0.467. The summed E-state index contributed by atoms with van der Waals surface area (Å²) < 4.78 is 0. The molecule has 2 aliphatic rings. The number of nitrogens with two attached hydrogens (primary N) is 1. The van der Waals surface area contributed by atoms with E-state index < -0.39 is 0 Å². The Morgan fingerprint density at radius 2 is 2.22 bits per heavy atom. The van der Waals surface area contributed by atoms with Crippen LogP contribution in [0.25, 0.3) is 10.9 Å². The maximum absolute atomic E-state index is 3.73. The minimum Gasteiger partial charge on any atom is -0.348 e. The molecule has 1 unspecified atom stereocenters. The Labute approximate surface area is 107 Å². The topological polar surface area (TPSA) is 36.8 Å². The van der Waals surface area contributed by atoms with Gasteiger partial charge < -0.3 is 4.98 Å². The monoisotopic (exact) mass is 243 g/mol. The predicted octanol–water partition coefficient (Wildman–Crippen LogP) is -0.251. The van der Waals surface area contributed by atoms with Gasteiger partial charge in [0.05, 0.1) is 26.6 Å². The summed E-state index contributed by atoms with van der Waals surface area (Å²) >= 11 is 0. The average molecular weight is 243 g/mol. The van der Waals surface area contributed by atoms with E-state index in [1.165, 1.54) is 48.9 Å². The zero-order chi connectivity index (χ0) is 12.2. The van der Waals surface area contributed by atoms with E-state index in [4.69, 9.17) is 0 Å². The standard InChI is InChI=1S/C15H19N3/c1-18-10-4-8-15(18)14-12(7-9-16-15)11-5-2-3-6-13(11)17-14/h2-3,5-6,16-17H,4,7-10H2,1H3/p+2/t15-/m1/s1. The Morgan fingerprint density at radius 3 is 3.06 bits per heavy atom. The van der Waals surface area contributed by atoms with E-state index in [9.17, 15) is 0 Å². The van der Waals surface area contributed by atoms with Crippen LogP contribution in [0.1, 0.15) is 24.1 Å². The Hall–Kier alpha value is -1.32. The summed E-state index contributed by atoms with van der Waals surface area (Å²) in [5.41, 5.74) is 4.67. The van der Waals surface area contributed by atoms with Gasteiger partial charge in [0.1, 0.15) is 5.69 Å². The van der Waals surface area contributed by atoms with Gasteiger partial charge in [-0.15, -0.1) is 0 Å². The second-order valence-electron chi connectivity index (χ2n) is 5.87. The van der Waals surface area contributed by atoms with Gasteiger partial charge >= 0.3 is 0 Å². The number of hydrogen-bond acceptors (Lipinski definition) is 0. The molecule has 1 fully saturated rings. The van der Waals surface area contributed by atoms with Crippen LogP contribution in [0.15, 0.2) is 24.3 Å². The zero-order valence-electron chi connectivity index (χ0n) is 10.9. The van der Waals surface area contributed by atoms with Crippen LogP contribution < -0.4 is 10.2 Å². The van der Waals surface area contributed by atoms with E-state index >= 15 is 0 Å². The molecule has 0 saturated carbocycles. The first kappa shape index (κ1) is 10.6. The smallest absolute Gasteiger partial charge is 0.262 e. The van der Waals surface area contributed by atoms with Crippen molar-refractivity contribution in [2.45, 2.75) is 24.9 Å². The van der Waals surface area contributed by atoms with Crippen molar-refractivity contribution in [2.75, 3.05) is 20.1 Å². The highest BCUT2D eigenvalue weighted by Crippen LogP contribution is 2.31. The lowest BCUT2D eigenvalue weighted by Gasteiger charge is -2.33. The van der Waals surface area contributed by atoms with E-state index in [1.54, 1.807) is 10.5 Å². The maximum Gasteiger partial charge on any atom is 0.262 e. The molecule has 4 N–H and O–H groups in total. The Balaban J connectivity index is 1.99. The summed E-state index contributed by atoms with van der Waals surface area (Å²) in [6.07, 6.45) is 3.85. The van der Waals surface area contributed by atoms with Gasteiger partial charge in [0.2, 0.25) is 0 Å². The maximum atomic E-state index is 3.73. The van der Waals surface area contributed by atoms with Gasteiger partial charge in [0, 0.05) is 23.7 Å². The van der Waals surface area contributed by atoms with Crippen LogP contribution >= 0.6 is 0 Å². The Kier molecular flexibility index (Phi) is 2.11. The molecule has 1 aromatic heterocycles. The van der Waals surface area contributed by atoms with E-state index in [0.29, 0.717) is 0 Å². The zero-order valence-corrected chi connectivity index (χ0v) is 10.9. The van der Waals surface area contributed by atoms with Gasteiger partial charge in [-0.3, -0.25) is 10.2 Å². The fourth-order valence-corrected chi connectivity index (χ4v) is 4.09. The summed E-state index contributed by atoms with van der Waals surface area (Å²) in [5.74, 6) is 0. The van der Waals surface area contributed by atoms with Crippen molar-refractivity contribution < 1.29 is 10.2 Å². The van der Waals surface area contributed by atoms with Crippen molar-refractivity contribution in [3.8, 4) is 0 Å². The number of H-pyrrole nitrogens is 1. The number of nitrogens with one attached hydrogen (secondary N) is 2. The molecule has 0 bridgehead atoms. The number of likely N-dealkylation sites (tertiary alicyclic amines) is 1. The van der Waals surface area contributed by atoms with Crippen molar-refractivity contribution in [3.05, 3.63) is 35.5 Å². The Morgan fingerprint density at radius 1 is 1.33 bits per heavy atom. The van der Waals surface area contributed by atoms with Gasteiger partial charge in [0.15, 0.2) is 0 Å². The van der Waals surface area contributed by atoms with E-state index in [0.717, 1.165) is 0 Å². The highest BCUT2D eigenvalue weighted by molar-refractivity contribution is 5.85. The molecule has 18 heavy (non-hydrogen) atoms. The number of benzene rings is 1. The minimum atomic E-state index is 0.270. The first-order valence-electron chi connectivity index (χ1n) is 7.08. The van der Waals surface area contributed by atoms with Crippen molar-refractivity contribution in [2.24, 2.45) is 0 Å². The normalized spacial score (nSPS) is 31.1. The summed E-state index contributed by atoms with van der Waals surface area (Å²) in [7, 11) is 2.35. The third-order valence-corrected chi connectivity index (χ3v) is 5.03. The molecule has 3 heteroatoms. The average Bonchev–Trinajstić information content (AvgIpc) is 2.94. The molecule has 1 aromatic carbocycles. The van der Waals surface area contributed by atoms with E-state index in [2.05, 4.69) is 41.6 Å². The molecular formula is C15H21N3+2. The van der Waals surface area contributed by atoms with Crippen LogP contribution in [0.3, 0.4) is 0 Å². The highest BCUT2D eigenvalue weighted by atomic mass is 15.3. The molecule has 2 atom stereocenters. The van der Waals surface area contributed by atoms with Gasteiger partial charge in [0.25, 0.3) is 5.66 Å². The fourth-order valence-electron chi connectivity index (χ4n) is 4.09. The largest absolute Gasteiger partial charge is 0.348 e. The van der Waals surface area contributed by atoms with Crippen molar-refractivity contribution in [1.29, 1.82) is 0 Å². The lowest BCUT2D eigenvalue weighted by atomic mass is 9.92.